The normalized spacial score (nSPS) is 13.6. The highest BCUT2D eigenvalue weighted by molar-refractivity contribution is 5.67. The molecular formula is C20H22F3NO4. The third kappa shape index (κ3) is 6.24. The number of hydrogen-bond acceptors (Lipinski definition) is 4. The van der Waals surface area contributed by atoms with Gasteiger partial charge >= 0.3 is 12.3 Å². The number of carbonyl (C=O) groups is 1. The van der Waals surface area contributed by atoms with Crippen LogP contribution in [0, 0.1) is 6.92 Å². The van der Waals surface area contributed by atoms with Crippen molar-refractivity contribution in [2.45, 2.75) is 38.3 Å². The number of aliphatic hydroxyl groups is 2. The van der Waals surface area contributed by atoms with Crippen LogP contribution in [0.5, 0.6) is 0 Å². The van der Waals surface area contributed by atoms with Crippen molar-refractivity contribution in [1.29, 1.82) is 0 Å². The molecule has 0 aliphatic carbocycles. The van der Waals surface area contributed by atoms with E-state index >= 15 is 0 Å². The van der Waals surface area contributed by atoms with Gasteiger partial charge in [0.15, 0.2) is 0 Å². The molecule has 2 aromatic carbocycles. The Morgan fingerprint density at radius 1 is 1.14 bits per heavy atom. The third-order valence-corrected chi connectivity index (χ3v) is 4.20. The number of rotatable bonds is 7. The van der Waals surface area contributed by atoms with Crippen LogP contribution in [0.3, 0.4) is 0 Å². The molecule has 3 N–H and O–H groups in total. The van der Waals surface area contributed by atoms with Crippen LogP contribution in [-0.2, 0) is 17.5 Å². The lowest BCUT2D eigenvalue weighted by Crippen LogP contribution is -2.30. The number of nitrogens with one attached hydrogen (secondary N) is 1. The molecule has 2 rings (SSSR count). The van der Waals surface area contributed by atoms with Crippen molar-refractivity contribution >= 4 is 6.09 Å². The predicted molar refractivity (Wildman–Crippen MR) is 96.4 cm³/mol. The van der Waals surface area contributed by atoms with Crippen LogP contribution in [0.25, 0.3) is 0 Å². The number of halogens is 3. The Kier molecular flexibility index (Phi) is 7.42. The molecule has 0 spiro atoms. The summed E-state index contributed by atoms with van der Waals surface area (Å²) in [6.45, 7) is 1.56. The molecule has 0 aromatic heterocycles. The van der Waals surface area contributed by atoms with E-state index in [0.717, 1.165) is 23.8 Å². The molecule has 1 amide bonds. The van der Waals surface area contributed by atoms with Gasteiger partial charge in [0.2, 0.25) is 0 Å². The number of aliphatic hydroxyl groups excluding tert-OH is 2. The van der Waals surface area contributed by atoms with Crippen molar-refractivity contribution in [2.24, 2.45) is 0 Å². The van der Waals surface area contributed by atoms with Crippen molar-refractivity contribution < 1.29 is 32.9 Å². The first-order valence-electron chi connectivity index (χ1n) is 8.67. The second kappa shape index (κ2) is 9.57. The first kappa shape index (κ1) is 21.7. The van der Waals surface area contributed by atoms with Gasteiger partial charge in [-0.2, -0.15) is 13.2 Å². The summed E-state index contributed by atoms with van der Waals surface area (Å²) in [5, 5.41) is 22.7. The Hall–Kier alpha value is -2.58. The lowest BCUT2D eigenvalue weighted by atomic mass is 9.96. The third-order valence-electron chi connectivity index (χ3n) is 4.20. The molecule has 0 heterocycles. The fourth-order valence-electron chi connectivity index (χ4n) is 2.65. The number of alkyl halides is 3. The highest BCUT2D eigenvalue weighted by Crippen LogP contribution is 2.32. The molecular weight excluding hydrogens is 375 g/mol. The molecule has 0 saturated heterocycles. The van der Waals surface area contributed by atoms with E-state index in [4.69, 9.17) is 4.74 Å². The number of hydrogen-bond donors (Lipinski definition) is 3. The molecule has 0 fully saturated rings. The summed E-state index contributed by atoms with van der Waals surface area (Å²) in [5.41, 5.74) is 0.424. The van der Waals surface area contributed by atoms with Crippen LogP contribution >= 0.6 is 0 Å². The SMILES string of the molecule is Cc1cc(C(F)(F)F)ccc1C(O)C(O)CCNC(=O)OCc1ccccc1. The summed E-state index contributed by atoms with van der Waals surface area (Å²) in [6, 6.07) is 12.0. The number of ether oxygens (including phenoxy) is 1. The predicted octanol–water partition coefficient (Wildman–Crippen LogP) is 3.72. The number of alkyl carbamates (subject to hydrolysis) is 1. The number of aryl methyl sites for hydroxylation is 1. The Bertz CT molecular complexity index is 781. The summed E-state index contributed by atoms with van der Waals surface area (Å²) in [6.07, 6.45) is -7.77. The second-order valence-electron chi connectivity index (χ2n) is 6.36. The standard InChI is InChI=1S/C20H22F3NO4/c1-13-11-15(20(21,22)23)7-8-16(13)18(26)17(25)9-10-24-19(27)28-12-14-5-3-2-4-6-14/h2-8,11,17-18,25-26H,9-10,12H2,1H3,(H,24,27). The number of benzene rings is 2. The molecule has 0 aliphatic rings. The topological polar surface area (TPSA) is 78.8 Å². The molecule has 0 saturated carbocycles. The quantitative estimate of drug-likeness (QED) is 0.665. The summed E-state index contributed by atoms with van der Waals surface area (Å²) in [4.78, 5) is 11.6. The van der Waals surface area contributed by atoms with Crippen molar-refractivity contribution in [3.05, 3.63) is 70.8 Å². The Balaban J connectivity index is 1.80. The zero-order valence-corrected chi connectivity index (χ0v) is 15.2. The van der Waals surface area contributed by atoms with Crippen LogP contribution in [0.4, 0.5) is 18.0 Å². The smallest absolute Gasteiger partial charge is 0.416 e. The van der Waals surface area contributed by atoms with Gasteiger partial charge in [-0.15, -0.1) is 0 Å². The van der Waals surface area contributed by atoms with Crippen LogP contribution in [0.15, 0.2) is 48.5 Å². The van der Waals surface area contributed by atoms with Crippen molar-refractivity contribution in [3.8, 4) is 0 Å². The average Bonchev–Trinajstić information content (AvgIpc) is 2.65. The van der Waals surface area contributed by atoms with Gasteiger partial charge in [-0.05, 0) is 42.2 Å². The lowest BCUT2D eigenvalue weighted by molar-refractivity contribution is -0.137. The number of carbonyl (C=O) groups excluding carboxylic acids is 1. The minimum absolute atomic E-state index is 0.00205. The van der Waals surface area contributed by atoms with Gasteiger partial charge in [0.25, 0.3) is 0 Å². The summed E-state index contributed by atoms with van der Waals surface area (Å²) in [5.74, 6) is 0. The van der Waals surface area contributed by atoms with Crippen LogP contribution in [0.2, 0.25) is 0 Å². The van der Waals surface area contributed by atoms with Crippen molar-refractivity contribution in [3.63, 3.8) is 0 Å². The van der Waals surface area contributed by atoms with Crippen molar-refractivity contribution in [2.75, 3.05) is 6.54 Å². The van der Waals surface area contributed by atoms with E-state index in [1.807, 2.05) is 18.2 Å². The molecule has 2 unspecified atom stereocenters. The Labute approximate surface area is 160 Å². The van der Waals surface area contributed by atoms with E-state index in [2.05, 4.69) is 5.32 Å². The maximum absolute atomic E-state index is 12.7. The minimum atomic E-state index is -4.48. The molecule has 0 aliphatic heterocycles. The van der Waals surface area contributed by atoms with E-state index in [1.54, 1.807) is 12.1 Å². The van der Waals surface area contributed by atoms with Gasteiger partial charge in [0, 0.05) is 6.54 Å². The van der Waals surface area contributed by atoms with Crippen LogP contribution in [0.1, 0.15) is 34.8 Å². The highest BCUT2D eigenvalue weighted by atomic mass is 19.4. The number of amides is 1. The van der Waals surface area contributed by atoms with E-state index in [0.29, 0.717) is 0 Å². The van der Waals surface area contributed by atoms with E-state index in [9.17, 15) is 28.2 Å². The lowest BCUT2D eigenvalue weighted by Gasteiger charge is -2.21. The first-order valence-corrected chi connectivity index (χ1v) is 8.67. The minimum Gasteiger partial charge on any atom is -0.445 e. The highest BCUT2D eigenvalue weighted by Gasteiger charge is 2.31. The fraction of sp³-hybridized carbons (Fsp3) is 0.350. The molecule has 0 bridgehead atoms. The van der Waals surface area contributed by atoms with Gasteiger partial charge in [-0.1, -0.05) is 36.4 Å². The van der Waals surface area contributed by atoms with Crippen LogP contribution in [-0.4, -0.2) is 29.0 Å². The molecule has 28 heavy (non-hydrogen) atoms. The monoisotopic (exact) mass is 397 g/mol. The fourth-order valence-corrected chi connectivity index (χ4v) is 2.65. The van der Waals surface area contributed by atoms with Gasteiger partial charge in [-0.25, -0.2) is 4.79 Å². The Morgan fingerprint density at radius 3 is 2.43 bits per heavy atom. The summed E-state index contributed by atoms with van der Waals surface area (Å²) >= 11 is 0. The molecule has 8 heteroatoms. The van der Waals surface area contributed by atoms with E-state index in [1.165, 1.54) is 6.92 Å². The van der Waals surface area contributed by atoms with Gasteiger partial charge in [0.1, 0.15) is 12.7 Å². The first-order chi connectivity index (χ1) is 13.2. The summed E-state index contributed by atoms with van der Waals surface area (Å²) < 4.78 is 43.1. The van der Waals surface area contributed by atoms with Crippen LogP contribution < -0.4 is 5.32 Å². The van der Waals surface area contributed by atoms with Gasteiger partial charge in [-0.3, -0.25) is 0 Å². The zero-order chi connectivity index (χ0) is 20.7. The average molecular weight is 397 g/mol. The Morgan fingerprint density at radius 2 is 1.82 bits per heavy atom. The molecule has 5 nitrogen and oxygen atoms in total. The van der Waals surface area contributed by atoms with Crippen molar-refractivity contribution in [1.82, 2.24) is 5.32 Å². The zero-order valence-electron chi connectivity index (χ0n) is 15.2. The largest absolute Gasteiger partial charge is 0.445 e. The molecule has 0 radical (unpaired) electrons. The van der Waals surface area contributed by atoms with E-state index < -0.39 is 30.0 Å². The van der Waals surface area contributed by atoms with Gasteiger partial charge < -0.3 is 20.3 Å². The second-order valence-corrected chi connectivity index (χ2v) is 6.36. The maximum Gasteiger partial charge on any atom is 0.416 e. The molecule has 152 valence electrons. The van der Waals surface area contributed by atoms with E-state index in [-0.39, 0.29) is 30.7 Å². The maximum atomic E-state index is 12.7. The summed E-state index contributed by atoms with van der Waals surface area (Å²) in [7, 11) is 0. The molecule has 2 atom stereocenters. The van der Waals surface area contributed by atoms with Gasteiger partial charge in [0.05, 0.1) is 11.7 Å². The molecule has 2 aromatic rings.